The second-order valence-corrected chi connectivity index (χ2v) is 6.33. The smallest absolute Gasteiger partial charge is 0.183 e. The average Bonchev–Trinajstić information content (AvgIpc) is 3.09. The predicted octanol–water partition coefficient (Wildman–Crippen LogP) is 4.16. The Morgan fingerprint density at radius 1 is 1.37 bits per heavy atom. The normalized spacial score (nSPS) is 18.7. The summed E-state index contributed by atoms with van der Waals surface area (Å²) in [6, 6.07) is 8.22. The summed E-state index contributed by atoms with van der Waals surface area (Å²) in [5.41, 5.74) is 2.16. The minimum atomic E-state index is 0.347. The van der Waals surface area contributed by atoms with E-state index in [2.05, 4.69) is 43.7 Å². The third-order valence-electron chi connectivity index (χ3n) is 3.15. The molecule has 0 amide bonds. The van der Waals surface area contributed by atoms with Crippen molar-refractivity contribution in [3.8, 4) is 11.3 Å². The molecule has 2 heterocycles. The van der Waals surface area contributed by atoms with Crippen molar-refractivity contribution >= 4 is 32.4 Å². The van der Waals surface area contributed by atoms with Crippen molar-refractivity contribution in [2.45, 2.75) is 18.9 Å². The molecule has 0 radical (unpaired) electrons. The summed E-state index contributed by atoms with van der Waals surface area (Å²) in [7, 11) is 0. The van der Waals surface area contributed by atoms with Crippen molar-refractivity contribution in [1.82, 2.24) is 4.98 Å². The fraction of sp³-hybridized carbons (Fsp3) is 0.357. The zero-order chi connectivity index (χ0) is 13.1. The van der Waals surface area contributed by atoms with Gasteiger partial charge in [0.1, 0.15) is 0 Å². The molecule has 0 unspecified atom stereocenters. The molecule has 1 aliphatic heterocycles. The van der Waals surface area contributed by atoms with Crippen LogP contribution in [-0.2, 0) is 4.74 Å². The van der Waals surface area contributed by atoms with E-state index in [1.54, 1.807) is 11.3 Å². The summed E-state index contributed by atoms with van der Waals surface area (Å²) in [6.45, 7) is 1.75. The first kappa shape index (κ1) is 13.1. The molecule has 1 fully saturated rings. The highest BCUT2D eigenvalue weighted by Gasteiger charge is 2.15. The molecule has 0 bridgehead atoms. The number of aromatic nitrogens is 1. The van der Waals surface area contributed by atoms with E-state index in [-0.39, 0.29) is 0 Å². The van der Waals surface area contributed by atoms with Gasteiger partial charge in [-0.1, -0.05) is 28.1 Å². The van der Waals surface area contributed by atoms with Gasteiger partial charge in [-0.3, -0.25) is 0 Å². The summed E-state index contributed by atoms with van der Waals surface area (Å²) < 4.78 is 6.67. The molecule has 100 valence electrons. The van der Waals surface area contributed by atoms with Crippen molar-refractivity contribution in [2.24, 2.45) is 0 Å². The van der Waals surface area contributed by atoms with Crippen molar-refractivity contribution in [3.63, 3.8) is 0 Å². The van der Waals surface area contributed by atoms with Crippen LogP contribution in [0.15, 0.2) is 34.1 Å². The summed E-state index contributed by atoms with van der Waals surface area (Å²) in [4.78, 5) is 4.61. The second-order valence-electron chi connectivity index (χ2n) is 4.56. The lowest BCUT2D eigenvalue weighted by Gasteiger charge is -2.09. The molecule has 1 atom stereocenters. The van der Waals surface area contributed by atoms with E-state index in [9.17, 15) is 0 Å². The molecule has 1 aliphatic rings. The predicted molar refractivity (Wildman–Crippen MR) is 82.7 cm³/mol. The van der Waals surface area contributed by atoms with Gasteiger partial charge in [0.2, 0.25) is 0 Å². The lowest BCUT2D eigenvalue weighted by molar-refractivity contribution is 0.120. The standard InChI is InChI=1S/C14H15BrN2OS/c15-11-5-3-10(4-6-11)13-9-19-14(17-13)16-8-12-2-1-7-18-12/h3-6,9,12H,1-2,7-8H2,(H,16,17)/t12-/m1/s1. The Hall–Kier alpha value is -0.910. The Balaban J connectivity index is 1.63. The van der Waals surface area contributed by atoms with Crippen LogP contribution in [0.25, 0.3) is 11.3 Å². The first-order valence-corrected chi connectivity index (χ1v) is 8.05. The largest absolute Gasteiger partial charge is 0.376 e. The Bertz CT molecular complexity index is 535. The third-order valence-corrected chi connectivity index (χ3v) is 4.48. The number of rotatable bonds is 4. The monoisotopic (exact) mass is 338 g/mol. The maximum atomic E-state index is 5.59. The first-order chi connectivity index (χ1) is 9.31. The highest BCUT2D eigenvalue weighted by molar-refractivity contribution is 9.10. The van der Waals surface area contributed by atoms with Crippen LogP contribution in [0.1, 0.15) is 12.8 Å². The van der Waals surface area contributed by atoms with E-state index in [1.807, 2.05) is 12.1 Å². The van der Waals surface area contributed by atoms with Crippen molar-refractivity contribution in [1.29, 1.82) is 0 Å². The first-order valence-electron chi connectivity index (χ1n) is 6.38. The highest BCUT2D eigenvalue weighted by atomic mass is 79.9. The van der Waals surface area contributed by atoms with Crippen LogP contribution in [0, 0.1) is 0 Å². The van der Waals surface area contributed by atoms with Gasteiger partial charge in [0, 0.05) is 28.6 Å². The molecular weight excluding hydrogens is 324 g/mol. The quantitative estimate of drug-likeness (QED) is 0.908. The molecule has 0 spiro atoms. The maximum Gasteiger partial charge on any atom is 0.183 e. The number of benzene rings is 1. The molecule has 1 aromatic carbocycles. The Labute approximate surface area is 125 Å². The molecule has 2 aromatic rings. The van der Waals surface area contributed by atoms with Crippen molar-refractivity contribution < 1.29 is 4.74 Å². The fourth-order valence-electron chi connectivity index (χ4n) is 2.11. The summed E-state index contributed by atoms with van der Waals surface area (Å²) >= 11 is 5.08. The van der Waals surface area contributed by atoms with E-state index in [4.69, 9.17) is 4.74 Å². The van der Waals surface area contributed by atoms with E-state index in [1.165, 1.54) is 6.42 Å². The second kappa shape index (κ2) is 6.03. The van der Waals surface area contributed by atoms with Gasteiger partial charge in [-0.15, -0.1) is 11.3 Å². The van der Waals surface area contributed by atoms with Crippen LogP contribution in [0.5, 0.6) is 0 Å². The van der Waals surface area contributed by atoms with Crippen LogP contribution >= 0.6 is 27.3 Å². The number of nitrogens with zero attached hydrogens (tertiary/aromatic N) is 1. The molecule has 1 N–H and O–H groups in total. The molecule has 3 rings (SSSR count). The van der Waals surface area contributed by atoms with Gasteiger partial charge in [0.05, 0.1) is 11.8 Å². The molecule has 0 saturated carbocycles. The van der Waals surface area contributed by atoms with Gasteiger partial charge in [-0.05, 0) is 25.0 Å². The number of anilines is 1. The SMILES string of the molecule is Brc1ccc(-c2csc(NC[C@H]3CCCO3)n2)cc1. The Kier molecular flexibility index (Phi) is 4.15. The van der Waals surface area contributed by atoms with Crippen molar-refractivity contribution in [2.75, 3.05) is 18.5 Å². The van der Waals surface area contributed by atoms with Crippen LogP contribution < -0.4 is 5.32 Å². The van der Waals surface area contributed by atoms with Gasteiger partial charge in [-0.25, -0.2) is 4.98 Å². The number of hydrogen-bond acceptors (Lipinski definition) is 4. The van der Waals surface area contributed by atoms with E-state index in [0.29, 0.717) is 6.10 Å². The molecule has 3 nitrogen and oxygen atoms in total. The molecule has 19 heavy (non-hydrogen) atoms. The van der Waals surface area contributed by atoms with Gasteiger partial charge >= 0.3 is 0 Å². The molecule has 1 aromatic heterocycles. The minimum Gasteiger partial charge on any atom is -0.376 e. The lowest BCUT2D eigenvalue weighted by atomic mass is 10.2. The fourth-order valence-corrected chi connectivity index (χ4v) is 3.11. The van der Waals surface area contributed by atoms with E-state index >= 15 is 0 Å². The Morgan fingerprint density at radius 3 is 2.95 bits per heavy atom. The number of nitrogens with one attached hydrogen (secondary N) is 1. The van der Waals surface area contributed by atoms with Crippen molar-refractivity contribution in [3.05, 3.63) is 34.1 Å². The molecular formula is C14H15BrN2OS. The van der Waals surface area contributed by atoms with E-state index < -0.39 is 0 Å². The van der Waals surface area contributed by atoms with Gasteiger partial charge in [0.25, 0.3) is 0 Å². The minimum absolute atomic E-state index is 0.347. The number of halogens is 1. The zero-order valence-corrected chi connectivity index (χ0v) is 12.8. The van der Waals surface area contributed by atoms with Gasteiger partial charge < -0.3 is 10.1 Å². The Morgan fingerprint density at radius 2 is 2.21 bits per heavy atom. The zero-order valence-electron chi connectivity index (χ0n) is 10.4. The summed E-state index contributed by atoms with van der Waals surface area (Å²) in [6.07, 6.45) is 2.67. The number of hydrogen-bond donors (Lipinski definition) is 1. The van der Waals surface area contributed by atoms with Crippen LogP contribution in [0.3, 0.4) is 0 Å². The van der Waals surface area contributed by atoms with Gasteiger partial charge in [0.15, 0.2) is 5.13 Å². The van der Waals surface area contributed by atoms with Crippen LogP contribution in [0.4, 0.5) is 5.13 Å². The van der Waals surface area contributed by atoms with E-state index in [0.717, 1.165) is 40.4 Å². The number of ether oxygens (including phenoxy) is 1. The summed E-state index contributed by atoms with van der Waals surface area (Å²) in [5, 5.41) is 6.41. The van der Waals surface area contributed by atoms with Crippen LogP contribution in [0.2, 0.25) is 0 Å². The average molecular weight is 339 g/mol. The molecule has 1 saturated heterocycles. The summed E-state index contributed by atoms with van der Waals surface area (Å²) in [5.74, 6) is 0. The van der Waals surface area contributed by atoms with Crippen LogP contribution in [-0.4, -0.2) is 24.2 Å². The van der Waals surface area contributed by atoms with Gasteiger partial charge in [-0.2, -0.15) is 0 Å². The third kappa shape index (κ3) is 3.35. The lowest BCUT2D eigenvalue weighted by Crippen LogP contribution is -2.18. The highest BCUT2D eigenvalue weighted by Crippen LogP contribution is 2.26. The molecule has 5 heteroatoms. The molecule has 0 aliphatic carbocycles. The maximum absolute atomic E-state index is 5.59. The number of thiazole rings is 1. The topological polar surface area (TPSA) is 34.1 Å².